The van der Waals surface area contributed by atoms with Crippen molar-refractivity contribution in [3.8, 4) is 0 Å². The zero-order valence-corrected chi connectivity index (χ0v) is 12.3. The molecule has 0 amide bonds. The van der Waals surface area contributed by atoms with E-state index in [1.165, 1.54) is 0 Å². The highest BCUT2D eigenvalue weighted by Crippen LogP contribution is 2.29. The molecule has 2 aromatic heterocycles. The number of nitrogens with zero attached hydrogens (tertiary/aromatic N) is 2. The molecule has 1 unspecified atom stereocenters. The highest BCUT2D eigenvalue weighted by Gasteiger charge is 2.12. The van der Waals surface area contributed by atoms with Crippen LogP contribution in [0.25, 0.3) is 10.2 Å². The van der Waals surface area contributed by atoms with Crippen molar-refractivity contribution in [1.82, 2.24) is 9.97 Å². The fraction of sp³-hybridized carbons (Fsp3) is 0.500. The number of Topliss-reactive ketones (excluding diaryl/α,β-unsaturated/α-hetero) is 1. The lowest BCUT2D eigenvalue weighted by molar-refractivity contribution is -0.117. The van der Waals surface area contributed by atoms with Crippen LogP contribution in [0.1, 0.15) is 52.9 Å². The van der Waals surface area contributed by atoms with Gasteiger partial charge in [-0.05, 0) is 19.4 Å². The third-order valence-electron chi connectivity index (χ3n) is 2.56. The molecule has 0 saturated carbocycles. The van der Waals surface area contributed by atoms with E-state index in [-0.39, 0.29) is 7.21 Å². The van der Waals surface area contributed by atoms with Crippen LogP contribution in [0.2, 0.25) is 0 Å². The number of carbonyl (C=O) groups is 1. The lowest BCUT2D eigenvalue weighted by Crippen LogP contribution is -1.97. The quantitative estimate of drug-likeness (QED) is 0.821. The molecule has 0 saturated heterocycles. The summed E-state index contributed by atoms with van der Waals surface area (Å²) in [4.78, 5) is 19.6. The molecule has 0 aliphatic heterocycles. The number of thiazole rings is 1. The van der Waals surface area contributed by atoms with Gasteiger partial charge in [0.15, 0.2) is 0 Å². The van der Waals surface area contributed by atoms with Crippen LogP contribution >= 0.6 is 11.3 Å². The van der Waals surface area contributed by atoms with E-state index in [0.29, 0.717) is 12.3 Å². The zero-order chi connectivity index (χ0) is 13.5. The second-order valence-corrected chi connectivity index (χ2v) is 5.10. The first-order valence-corrected chi connectivity index (χ1v) is 7.18. The number of hydrogen-bond donors (Lipinski definition) is 0. The molecule has 0 N–H and O–H groups in total. The zero-order valence-electron chi connectivity index (χ0n) is 11.4. The molecular weight excluding hydrogens is 244 g/mol. The molecule has 0 fully saturated rings. The molecule has 4 heteroatoms. The van der Waals surface area contributed by atoms with Crippen LogP contribution in [0.3, 0.4) is 0 Å². The molecule has 100 valence electrons. The lowest BCUT2D eigenvalue weighted by Gasteiger charge is -2.05. The Hall–Kier alpha value is -1.29. The van der Waals surface area contributed by atoms with E-state index in [1.807, 2.05) is 26.1 Å². The van der Waals surface area contributed by atoms with Crippen molar-refractivity contribution in [3.05, 3.63) is 23.5 Å². The minimum atomic E-state index is 0. The summed E-state index contributed by atoms with van der Waals surface area (Å²) in [5.41, 5.74) is 1.00. The smallest absolute Gasteiger partial charge is 0.129 e. The van der Waals surface area contributed by atoms with Crippen LogP contribution in [-0.2, 0) is 4.79 Å². The fourth-order valence-corrected chi connectivity index (χ4v) is 2.57. The Bertz CT molecular complexity index is 480. The van der Waals surface area contributed by atoms with Crippen molar-refractivity contribution >= 4 is 27.3 Å². The van der Waals surface area contributed by atoms with Gasteiger partial charge in [0.05, 0.1) is 15.2 Å². The summed E-state index contributed by atoms with van der Waals surface area (Å²) < 4.78 is 1.12. The van der Waals surface area contributed by atoms with Gasteiger partial charge in [0.25, 0.3) is 0 Å². The Labute approximate surface area is 114 Å². The van der Waals surface area contributed by atoms with E-state index in [0.717, 1.165) is 21.6 Å². The molecular formula is C14H22N2OS. The van der Waals surface area contributed by atoms with Gasteiger partial charge >= 0.3 is 0 Å². The summed E-state index contributed by atoms with van der Waals surface area (Å²) in [6.45, 7) is 7.75. The first-order valence-electron chi connectivity index (χ1n) is 6.36. The van der Waals surface area contributed by atoms with Crippen molar-refractivity contribution in [3.63, 3.8) is 0 Å². The topological polar surface area (TPSA) is 42.9 Å². The van der Waals surface area contributed by atoms with Crippen molar-refractivity contribution in [2.24, 2.45) is 0 Å². The van der Waals surface area contributed by atoms with E-state index in [1.54, 1.807) is 24.5 Å². The molecule has 2 aromatic rings. The summed E-state index contributed by atoms with van der Waals surface area (Å²) in [6.07, 6.45) is 5.11. The molecule has 18 heavy (non-hydrogen) atoms. The number of ketones is 1. The van der Waals surface area contributed by atoms with Crippen LogP contribution in [-0.4, -0.2) is 15.8 Å². The normalized spacial score (nSPS) is 11.8. The molecule has 0 aliphatic carbocycles. The third-order valence-corrected chi connectivity index (χ3v) is 3.80. The maximum atomic E-state index is 10.9. The van der Waals surface area contributed by atoms with E-state index >= 15 is 0 Å². The van der Waals surface area contributed by atoms with Crippen molar-refractivity contribution in [2.75, 3.05) is 0 Å². The molecule has 3 nitrogen and oxygen atoms in total. The number of aromatic nitrogens is 2. The maximum Gasteiger partial charge on any atom is 0.129 e. The van der Waals surface area contributed by atoms with Gasteiger partial charge in [0.1, 0.15) is 5.78 Å². The van der Waals surface area contributed by atoms with Crippen LogP contribution in [0, 0.1) is 0 Å². The first kappa shape index (κ1) is 14.8. The molecule has 0 bridgehead atoms. The van der Waals surface area contributed by atoms with Crippen molar-refractivity contribution < 1.29 is 6.22 Å². The van der Waals surface area contributed by atoms with Crippen LogP contribution in [0.5, 0.6) is 0 Å². The molecule has 2 rings (SSSR count). The maximum absolute atomic E-state index is 10.9. The van der Waals surface area contributed by atoms with Crippen LogP contribution in [0.4, 0.5) is 0 Å². The average Bonchev–Trinajstić information content (AvgIpc) is 2.82. The van der Waals surface area contributed by atoms with E-state index in [4.69, 9.17) is 0 Å². The predicted octanol–water partition coefficient (Wildman–Crippen LogP) is 4.44. The Kier molecular flexibility index (Phi) is 5.92. The molecule has 2 heterocycles. The fourth-order valence-electron chi connectivity index (χ4n) is 1.55. The highest BCUT2D eigenvalue weighted by molar-refractivity contribution is 7.18. The van der Waals surface area contributed by atoms with Gasteiger partial charge in [-0.15, -0.1) is 11.3 Å². The number of carbonyl (C=O) groups excluding carboxylic acids is 1. The number of pyridine rings is 1. The van der Waals surface area contributed by atoms with Gasteiger partial charge in [0, 0.05) is 26.2 Å². The van der Waals surface area contributed by atoms with Gasteiger partial charge in [-0.2, -0.15) is 0 Å². The second-order valence-electron chi connectivity index (χ2n) is 4.04. The predicted molar refractivity (Wildman–Crippen MR) is 79.2 cm³/mol. The summed E-state index contributed by atoms with van der Waals surface area (Å²) in [5.74, 6) is 0.593. The van der Waals surface area contributed by atoms with Gasteiger partial charge in [0.2, 0.25) is 0 Å². The molecule has 0 radical (unpaired) electrons. The molecule has 1 atom stereocenters. The number of fused-ring (bicyclic) bond motifs is 1. The minimum Gasteiger partial charge on any atom is -0.300 e. The molecule has 0 aromatic carbocycles. The summed E-state index contributed by atoms with van der Waals surface area (Å²) in [5, 5.41) is 1.10. The van der Waals surface area contributed by atoms with Gasteiger partial charge in [-0.3, -0.25) is 4.98 Å². The van der Waals surface area contributed by atoms with Gasteiger partial charge in [-0.25, -0.2) is 4.98 Å². The van der Waals surface area contributed by atoms with Gasteiger partial charge in [-0.1, -0.05) is 20.8 Å². The number of hydrogen-bond acceptors (Lipinski definition) is 4. The molecule has 0 aliphatic rings. The van der Waals surface area contributed by atoms with Crippen molar-refractivity contribution in [2.45, 2.75) is 46.5 Å². The lowest BCUT2D eigenvalue weighted by atomic mass is 10.1. The van der Waals surface area contributed by atoms with E-state index < -0.39 is 0 Å². The Balaban J connectivity index is 0.00000103. The van der Waals surface area contributed by atoms with Crippen molar-refractivity contribution in [1.29, 1.82) is 0 Å². The standard InChI is InChI=1S/C12H14N2OS.C2H6.H2/c1-8(3-4-9(2)15)12-14-10-5-6-13-7-11(10)16-12;1-2;/h5-8H,3-4H2,1-2H3;1-2H3;1H. The summed E-state index contributed by atoms with van der Waals surface area (Å²) >= 11 is 1.67. The highest BCUT2D eigenvalue weighted by atomic mass is 32.1. The van der Waals surface area contributed by atoms with Crippen LogP contribution < -0.4 is 0 Å². The summed E-state index contributed by atoms with van der Waals surface area (Å²) in [7, 11) is 0. The largest absolute Gasteiger partial charge is 0.300 e. The van der Waals surface area contributed by atoms with E-state index in [9.17, 15) is 4.79 Å². The third kappa shape index (κ3) is 3.88. The Morgan fingerprint density at radius 1 is 1.50 bits per heavy atom. The average molecular weight is 266 g/mol. The Morgan fingerprint density at radius 3 is 2.83 bits per heavy atom. The monoisotopic (exact) mass is 266 g/mol. The minimum absolute atomic E-state index is 0. The summed E-state index contributed by atoms with van der Waals surface area (Å²) in [6, 6.07) is 1.92. The van der Waals surface area contributed by atoms with Gasteiger partial charge < -0.3 is 4.79 Å². The van der Waals surface area contributed by atoms with E-state index in [2.05, 4.69) is 16.9 Å². The van der Waals surface area contributed by atoms with Crippen LogP contribution in [0.15, 0.2) is 18.5 Å². The first-order chi connectivity index (χ1) is 8.66. The second kappa shape index (κ2) is 7.21. The Morgan fingerprint density at radius 2 is 2.22 bits per heavy atom. The number of rotatable bonds is 4. The SMILES string of the molecule is CC.CC(=O)CCC(C)c1nc2ccncc2s1.[HH]. The molecule has 0 spiro atoms.